The number of halogens is 2. The van der Waals surface area contributed by atoms with Gasteiger partial charge in [0.15, 0.2) is 0 Å². The molecule has 12 heavy (non-hydrogen) atoms. The predicted molar refractivity (Wildman–Crippen MR) is 37.9 cm³/mol. The van der Waals surface area contributed by atoms with E-state index in [2.05, 4.69) is 0 Å². The summed E-state index contributed by atoms with van der Waals surface area (Å²) in [6.07, 6.45) is 0. The van der Waals surface area contributed by atoms with Gasteiger partial charge in [-0.05, 0) is 11.6 Å². The average Bonchev–Trinajstić information content (AvgIpc) is 2.05. The molecule has 64 valence electrons. The normalized spacial score (nSPS) is 9.83. The van der Waals surface area contributed by atoms with Crippen LogP contribution in [0.5, 0.6) is 0 Å². The van der Waals surface area contributed by atoms with Crippen LogP contribution in [0.4, 0.5) is 14.5 Å². The highest BCUT2D eigenvalue weighted by molar-refractivity contribution is 5.35. The molecule has 0 heterocycles. The lowest BCUT2D eigenvalue weighted by atomic mass is 10.2. The fourth-order valence-corrected chi connectivity index (χ4v) is 0.781. The summed E-state index contributed by atoms with van der Waals surface area (Å²) in [6.45, 7) is -0.832. The molecule has 0 amide bonds. The summed E-state index contributed by atoms with van der Waals surface area (Å²) >= 11 is 0. The molecule has 0 aliphatic heterocycles. The van der Waals surface area contributed by atoms with Gasteiger partial charge in [0, 0.05) is 6.07 Å². The zero-order valence-electron chi connectivity index (χ0n) is 5.96. The molecule has 5 heteroatoms. The van der Waals surface area contributed by atoms with Gasteiger partial charge in [0.1, 0.15) is 6.67 Å². The van der Waals surface area contributed by atoms with Gasteiger partial charge in [0.25, 0.3) is 0 Å². The minimum absolute atomic E-state index is 0.100. The summed E-state index contributed by atoms with van der Waals surface area (Å²) in [7, 11) is 0. The minimum atomic E-state index is -0.947. The molecule has 0 spiro atoms. The van der Waals surface area contributed by atoms with E-state index in [0.717, 1.165) is 12.1 Å². The Balaban J connectivity index is 3.17. The first-order chi connectivity index (χ1) is 5.65. The lowest BCUT2D eigenvalue weighted by molar-refractivity contribution is -0.387. The van der Waals surface area contributed by atoms with E-state index >= 15 is 0 Å². The smallest absolute Gasteiger partial charge is 0.258 e. The summed E-state index contributed by atoms with van der Waals surface area (Å²) in [4.78, 5) is 9.25. The number of nitro benzene ring substituents is 1. The van der Waals surface area contributed by atoms with E-state index < -0.39 is 23.1 Å². The molecule has 0 unspecified atom stereocenters. The van der Waals surface area contributed by atoms with Crippen LogP contribution in [-0.4, -0.2) is 4.92 Å². The van der Waals surface area contributed by atoms with Gasteiger partial charge in [-0.2, -0.15) is 4.39 Å². The van der Waals surface area contributed by atoms with Crippen LogP contribution in [0.15, 0.2) is 18.2 Å². The minimum Gasteiger partial charge on any atom is -0.258 e. The third-order valence-corrected chi connectivity index (χ3v) is 1.36. The first kappa shape index (κ1) is 8.58. The zero-order chi connectivity index (χ0) is 9.14. The average molecular weight is 173 g/mol. The number of hydrogen-bond donors (Lipinski definition) is 0. The highest BCUT2D eigenvalue weighted by atomic mass is 19.1. The lowest BCUT2D eigenvalue weighted by Gasteiger charge is -1.95. The molecule has 0 radical (unpaired) electrons. The standard InChI is InChI=1S/C7H5F2NO2/c8-4-5-1-2-6(9)7(3-5)10(11)12/h1-3H,4H2. The van der Waals surface area contributed by atoms with Crippen LogP contribution >= 0.6 is 0 Å². The maximum absolute atomic E-state index is 12.6. The molecule has 0 aliphatic rings. The van der Waals surface area contributed by atoms with Gasteiger partial charge in [-0.25, -0.2) is 4.39 Å². The summed E-state index contributed by atoms with van der Waals surface area (Å²) in [5.74, 6) is -0.947. The van der Waals surface area contributed by atoms with Crippen molar-refractivity contribution in [2.45, 2.75) is 6.67 Å². The van der Waals surface area contributed by atoms with E-state index in [1.807, 2.05) is 0 Å². The molecule has 0 bridgehead atoms. The summed E-state index contributed by atoms with van der Waals surface area (Å²) < 4.78 is 24.5. The molecule has 0 N–H and O–H groups in total. The van der Waals surface area contributed by atoms with Crippen molar-refractivity contribution in [3.05, 3.63) is 39.7 Å². The molecule has 1 rings (SSSR count). The fourth-order valence-electron chi connectivity index (χ4n) is 0.781. The molecule has 0 saturated carbocycles. The van der Waals surface area contributed by atoms with Crippen molar-refractivity contribution < 1.29 is 13.7 Å². The molecule has 1 aromatic rings. The molecule has 0 atom stereocenters. The first-order valence-corrected chi connectivity index (χ1v) is 3.14. The third-order valence-electron chi connectivity index (χ3n) is 1.36. The maximum atomic E-state index is 12.6. The monoisotopic (exact) mass is 173 g/mol. The quantitative estimate of drug-likeness (QED) is 0.508. The Kier molecular flexibility index (Phi) is 2.32. The van der Waals surface area contributed by atoms with Crippen molar-refractivity contribution in [2.75, 3.05) is 0 Å². The van der Waals surface area contributed by atoms with Crippen LogP contribution < -0.4 is 0 Å². The highest BCUT2D eigenvalue weighted by Gasteiger charge is 2.13. The Morgan fingerprint density at radius 1 is 1.50 bits per heavy atom. The van der Waals surface area contributed by atoms with E-state index in [0.29, 0.717) is 0 Å². The second-order valence-electron chi connectivity index (χ2n) is 2.18. The molecule has 0 fully saturated rings. The summed E-state index contributed by atoms with van der Waals surface area (Å²) in [5, 5.41) is 10.1. The number of nitrogens with zero attached hydrogens (tertiary/aromatic N) is 1. The SMILES string of the molecule is O=[N+]([O-])c1cc(CF)ccc1F. The molecule has 3 nitrogen and oxygen atoms in total. The molecular weight excluding hydrogens is 168 g/mol. The van der Waals surface area contributed by atoms with Gasteiger partial charge < -0.3 is 0 Å². The Morgan fingerprint density at radius 3 is 2.67 bits per heavy atom. The topological polar surface area (TPSA) is 43.1 Å². The van der Waals surface area contributed by atoms with Crippen LogP contribution in [0.2, 0.25) is 0 Å². The van der Waals surface area contributed by atoms with E-state index in [1.165, 1.54) is 6.07 Å². The predicted octanol–water partition coefficient (Wildman–Crippen LogP) is 2.20. The Morgan fingerprint density at radius 2 is 2.17 bits per heavy atom. The van der Waals surface area contributed by atoms with Crippen molar-refractivity contribution in [3.63, 3.8) is 0 Å². The molecule has 0 saturated heterocycles. The van der Waals surface area contributed by atoms with Crippen molar-refractivity contribution >= 4 is 5.69 Å². The van der Waals surface area contributed by atoms with Gasteiger partial charge >= 0.3 is 5.69 Å². The maximum Gasteiger partial charge on any atom is 0.305 e. The summed E-state index contributed by atoms with van der Waals surface area (Å²) in [5.41, 5.74) is -0.590. The Labute approximate surface area is 66.8 Å². The zero-order valence-corrected chi connectivity index (χ0v) is 5.96. The van der Waals surface area contributed by atoms with Crippen molar-refractivity contribution in [1.82, 2.24) is 0 Å². The third kappa shape index (κ3) is 1.55. The van der Waals surface area contributed by atoms with Crippen molar-refractivity contribution in [2.24, 2.45) is 0 Å². The molecular formula is C7H5F2NO2. The first-order valence-electron chi connectivity index (χ1n) is 3.14. The van der Waals surface area contributed by atoms with Gasteiger partial charge in [-0.1, -0.05) is 6.07 Å². The second kappa shape index (κ2) is 3.25. The fraction of sp³-hybridized carbons (Fsp3) is 0.143. The largest absolute Gasteiger partial charge is 0.305 e. The van der Waals surface area contributed by atoms with Gasteiger partial charge in [0.05, 0.1) is 4.92 Å². The number of alkyl halides is 1. The van der Waals surface area contributed by atoms with Crippen LogP contribution in [0.3, 0.4) is 0 Å². The van der Waals surface area contributed by atoms with Gasteiger partial charge in [-0.15, -0.1) is 0 Å². The number of rotatable bonds is 2. The van der Waals surface area contributed by atoms with Crippen LogP contribution in [0.25, 0.3) is 0 Å². The molecule has 0 aromatic heterocycles. The number of nitro groups is 1. The highest BCUT2D eigenvalue weighted by Crippen LogP contribution is 2.18. The van der Waals surface area contributed by atoms with E-state index in [-0.39, 0.29) is 5.56 Å². The van der Waals surface area contributed by atoms with Gasteiger partial charge in [-0.3, -0.25) is 10.1 Å². The second-order valence-corrected chi connectivity index (χ2v) is 2.18. The van der Waals surface area contributed by atoms with E-state index in [9.17, 15) is 18.9 Å². The van der Waals surface area contributed by atoms with E-state index in [1.54, 1.807) is 0 Å². The van der Waals surface area contributed by atoms with Crippen LogP contribution in [-0.2, 0) is 6.67 Å². The molecule has 1 aromatic carbocycles. The molecule has 0 aliphatic carbocycles. The Bertz CT molecular complexity index is 314. The number of benzene rings is 1. The van der Waals surface area contributed by atoms with Gasteiger partial charge in [0.2, 0.25) is 5.82 Å². The van der Waals surface area contributed by atoms with Crippen molar-refractivity contribution in [3.8, 4) is 0 Å². The van der Waals surface area contributed by atoms with Crippen molar-refractivity contribution in [1.29, 1.82) is 0 Å². The summed E-state index contributed by atoms with van der Waals surface area (Å²) in [6, 6.07) is 2.94. The van der Waals surface area contributed by atoms with Crippen LogP contribution in [0, 0.1) is 15.9 Å². The van der Waals surface area contributed by atoms with E-state index in [4.69, 9.17) is 0 Å². The van der Waals surface area contributed by atoms with Crippen LogP contribution in [0.1, 0.15) is 5.56 Å². The Hall–Kier alpha value is -1.52. The number of hydrogen-bond acceptors (Lipinski definition) is 2. The lowest BCUT2D eigenvalue weighted by Crippen LogP contribution is -1.93.